The predicted molar refractivity (Wildman–Crippen MR) is 136 cm³/mol. The minimum absolute atomic E-state index is 0.110. The normalized spacial score (nSPS) is 23.7. The van der Waals surface area contributed by atoms with Crippen LogP contribution in [0.3, 0.4) is 0 Å². The summed E-state index contributed by atoms with van der Waals surface area (Å²) in [5.74, 6) is -0.0773. The smallest absolute Gasteiger partial charge is 0.319 e. The van der Waals surface area contributed by atoms with Crippen LogP contribution in [0.25, 0.3) is 0 Å². The van der Waals surface area contributed by atoms with Crippen LogP contribution in [0.1, 0.15) is 17.2 Å². The van der Waals surface area contributed by atoms with E-state index in [1.807, 2.05) is 72.1 Å². The molecule has 9 heteroatoms. The van der Waals surface area contributed by atoms with Crippen LogP contribution in [0, 0.1) is 5.41 Å². The second kappa shape index (κ2) is 10.2. The third-order valence-corrected chi connectivity index (χ3v) is 8.35. The number of hydrogen-bond acceptors (Lipinski definition) is 8. The minimum atomic E-state index is -1.03. The Morgan fingerprint density at radius 2 is 1.71 bits per heavy atom. The molecule has 2 N–H and O–H groups in total. The van der Waals surface area contributed by atoms with Crippen molar-refractivity contribution in [2.24, 2.45) is 11.1 Å². The third-order valence-electron chi connectivity index (χ3n) is 6.09. The largest absolute Gasteiger partial charge is 0.452 e. The van der Waals surface area contributed by atoms with Gasteiger partial charge in [-0.3, -0.25) is 9.59 Å². The van der Waals surface area contributed by atoms with Crippen molar-refractivity contribution in [1.29, 1.82) is 0 Å². The number of amides is 1. The highest BCUT2D eigenvalue weighted by atomic mass is 32.2. The number of hydrogen-bond donors (Lipinski definition) is 1. The van der Waals surface area contributed by atoms with Gasteiger partial charge in [0.25, 0.3) is 0 Å². The molecule has 1 aromatic heterocycles. The number of ether oxygens (including phenoxy) is 1. The zero-order valence-electron chi connectivity index (χ0n) is 18.8. The maximum atomic E-state index is 13.9. The van der Waals surface area contributed by atoms with Crippen molar-refractivity contribution in [2.75, 3.05) is 12.3 Å². The van der Waals surface area contributed by atoms with Crippen LogP contribution in [-0.4, -0.2) is 50.5 Å². The van der Waals surface area contributed by atoms with Gasteiger partial charge in [0.1, 0.15) is 16.8 Å². The molecule has 3 aromatic rings. The van der Waals surface area contributed by atoms with Crippen LogP contribution in [0.4, 0.5) is 0 Å². The Hall–Kier alpha value is -3.14. The van der Waals surface area contributed by atoms with Gasteiger partial charge in [0.15, 0.2) is 11.3 Å². The van der Waals surface area contributed by atoms with Crippen LogP contribution in [-0.2, 0) is 14.3 Å². The molecule has 0 saturated carbocycles. The lowest BCUT2D eigenvalue weighted by Crippen LogP contribution is -2.72. The van der Waals surface area contributed by atoms with E-state index in [0.29, 0.717) is 10.9 Å². The second-order valence-electron chi connectivity index (χ2n) is 8.41. The molecule has 178 valence electrons. The van der Waals surface area contributed by atoms with E-state index in [2.05, 4.69) is 9.97 Å². The van der Waals surface area contributed by atoms with E-state index in [1.165, 1.54) is 23.5 Å². The highest BCUT2D eigenvalue weighted by Crippen LogP contribution is 2.44. The summed E-state index contributed by atoms with van der Waals surface area (Å²) >= 11 is 2.83. The Bertz CT molecular complexity index is 1170. The van der Waals surface area contributed by atoms with Crippen molar-refractivity contribution in [3.8, 4) is 0 Å². The SMILES string of the molecule is NC1C(=O)N2CC(C=CSc3ncccn3)(C(=O)OC(c3ccccc3)c3ccccc3)CS[C@H]12. The van der Waals surface area contributed by atoms with E-state index < -0.39 is 17.6 Å². The van der Waals surface area contributed by atoms with E-state index in [9.17, 15) is 9.59 Å². The fourth-order valence-corrected chi connectivity index (χ4v) is 6.32. The van der Waals surface area contributed by atoms with Gasteiger partial charge >= 0.3 is 5.97 Å². The molecule has 7 nitrogen and oxygen atoms in total. The van der Waals surface area contributed by atoms with E-state index in [1.54, 1.807) is 23.4 Å². The molecule has 3 atom stereocenters. The number of rotatable bonds is 7. The molecule has 0 spiro atoms. The molecular weight excluding hydrogens is 480 g/mol. The zero-order valence-corrected chi connectivity index (χ0v) is 20.4. The number of nitrogens with zero attached hydrogens (tertiary/aromatic N) is 3. The molecular formula is C26H24N4O3S2. The summed E-state index contributed by atoms with van der Waals surface area (Å²) in [5.41, 5.74) is 6.71. The quantitative estimate of drug-likeness (QED) is 0.225. The number of β-lactam (4-membered cyclic amide) rings is 1. The first-order valence-corrected chi connectivity index (χ1v) is 13.1. The molecule has 2 unspecified atom stereocenters. The van der Waals surface area contributed by atoms with Gasteiger partial charge in [-0.25, -0.2) is 9.97 Å². The van der Waals surface area contributed by atoms with Crippen molar-refractivity contribution in [3.63, 3.8) is 0 Å². The topological polar surface area (TPSA) is 98.4 Å². The van der Waals surface area contributed by atoms with Crippen molar-refractivity contribution in [2.45, 2.75) is 22.7 Å². The lowest BCUT2D eigenvalue weighted by Gasteiger charge is -2.52. The first kappa shape index (κ1) is 23.6. The minimum Gasteiger partial charge on any atom is -0.452 e. The fourth-order valence-electron chi connectivity index (χ4n) is 4.17. The average Bonchev–Trinajstić information content (AvgIpc) is 2.92. The molecule has 0 bridgehead atoms. The Morgan fingerprint density at radius 1 is 1.09 bits per heavy atom. The summed E-state index contributed by atoms with van der Waals surface area (Å²) in [6.07, 6.45) is 4.58. The molecule has 5 rings (SSSR count). The number of aromatic nitrogens is 2. The van der Waals surface area contributed by atoms with Gasteiger partial charge in [-0.15, -0.1) is 11.8 Å². The van der Waals surface area contributed by atoms with Crippen LogP contribution < -0.4 is 5.73 Å². The van der Waals surface area contributed by atoms with Crippen LogP contribution in [0.2, 0.25) is 0 Å². The lowest BCUT2D eigenvalue weighted by atomic mass is 9.87. The van der Waals surface area contributed by atoms with Crippen molar-refractivity contribution in [3.05, 3.63) is 102 Å². The summed E-state index contributed by atoms with van der Waals surface area (Å²) in [5, 5.41) is 2.27. The number of nitrogens with two attached hydrogens (primary N) is 1. The molecule has 35 heavy (non-hydrogen) atoms. The van der Waals surface area contributed by atoms with E-state index >= 15 is 0 Å². The molecule has 3 heterocycles. The molecule has 2 aliphatic rings. The molecule has 2 saturated heterocycles. The van der Waals surface area contributed by atoms with Gasteiger partial charge < -0.3 is 15.4 Å². The maximum absolute atomic E-state index is 13.9. The number of benzene rings is 2. The fraction of sp³-hybridized carbons (Fsp3) is 0.231. The summed E-state index contributed by atoms with van der Waals surface area (Å²) in [7, 11) is 0. The molecule has 2 aromatic carbocycles. The van der Waals surface area contributed by atoms with Crippen LogP contribution >= 0.6 is 23.5 Å². The van der Waals surface area contributed by atoms with Crippen molar-refractivity contribution in [1.82, 2.24) is 14.9 Å². The summed E-state index contributed by atoms with van der Waals surface area (Å²) in [6.45, 7) is 0.221. The van der Waals surface area contributed by atoms with Gasteiger partial charge in [-0.1, -0.05) is 78.5 Å². The lowest BCUT2D eigenvalue weighted by molar-refractivity contribution is -0.161. The number of carbonyl (C=O) groups excluding carboxylic acids is 2. The molecule has 2 aliphatic heterocycles. The van der Waals surface area contributed by atoms with Crippen LogP contribution in [0.15, 0.2) is 95.8 Å². The number of fused-ring (bicyclic) bond motifs is 1. The van der Waals surface area contributed by atoms with E-state index in [-0.39, 0.29) is 23.8 Å². The molecule has 0 radical (unpaired) electrons. The van der Waals surface area contributed by atoms with Crippen molar-refractivity contribution < 1.29 is 14.3 Å². The third kappa shape index (κ3) is 4.84. The van der Waals surface area contributed by atoms with E-state index in [0.717, 1.165) is 11.1 Å². The van der Waals surface area contributed by atoms with Gasteiger partial charge in [-0.2, -0.15) is 0 Å². The highest BCUT2D eigenvalue weighted by Gasteiger charge is 2.55. The number of esters is 1. The van der Waals surface area contributed by atoms with E-state index in [4.69, 9.17) is 10.5 Å². The summed E-state index contributed by atoms with van der Waals surface area (Å²) in [6, 6.07) is 20.5. The van der Waals surface area contributed by atoms with Crippen molar-refractivity contribution >= 4 is 35.4 Å². The Morgan fingerprint density at radius 3 is 2.34 bits per heavy atom. The van der Waals surface area contributed by atoms with Gasteiger partial charge in [0, 0.05) is 24.7 Å². The van der Waals surface area contributed by atoms with Crippen LogP contribution in [0.5, 0.6) is 0 Å². The Kier molecular flexibility index (Phi) is 6.90. The molecule has 1 amide bonds. The monoisotopic (exact) mass is 504 g/mol. The first-order valence-electron chi connectivity index (χ1n) is 11.2. The summed E-state index contributed by atoms with van der Waals surface area (Å²) in [4.78, 5) is 36.4. The predicted octanol–water partition coefficient (Wildman–Crippen LogP) is 3.64. The Labute approximate surface area is 212 Å². The standard InChI is InChI=1S/C26H24N4O3S2/c27-20-22(31)30-16-26(17-35-23(20)30,12-15-34-25-28-13-7-14-29-25)24(32)33-21(18-8-3-1-4-9-18)19-10-5-2-6-11-19/h1-15,20-21,23H,16-17,27H2/t20?,23-,26?/m1/s1. The number of thioether (sulfide) groups is 2. The first-order chi connectivity index (χ1) is 17.1. The summed E-state index contributed by atoms with van der Waals surface area (Å²) < 4.78 is 6.22. The average molecular weight is 505 g/mol. The highest BCUT2D eigenvalue weighted by molar-refractivity contribution is 8.02. The number of carbonyl (C=O) groups is 2. The van der Waals surface area contributed by atoms with Gasteiger partial charge in [-0.05, 0) is 22.6 Å². The zero-order chi connectivity index (χ0) is 24.3. The maximum Gasteiger partial charge on any atom is 0.319 e. The second-order valence-corrected chi connectivity index (χ2v) is 10.4. The molecule has 2 fully saturated rings. The van der Waals surface area contributed by atoms with Gasteiger partial charge in [0.2, 0.25) is 5.91 Å². The Balaban J connectivity index is 1.44. The van der Waals surface area contributed by atoms with Gasteiger partial charge in [0.05, 0.1) is 0 Å². The molecule has 0 aliphatic carbocycles.